The van der Waals surface area contributed by atoms with E-state index in [4.69, 9.17) is 15.0 Å². The molecule has 288 valence electrons. The number of hydrogen-bond acceptors (Lipinski definition) is 4. The van der Waals surface area contributed by atoms with E-state index in [1.165, 1.54) is 11.1 Å². The van der Waals surface area contributed by atoms with Gasteiger partial charge >= 0.3 is 0 Å². The van der Waals surface area contributed by atoms with Gasteiger partial charge in [-0.2, -0.15) is 0 Å². The maximum absolute atomic E-state index is 5.30. The van der Waals surface area contributed by atoms with Gasteiger partial charge in [-0.15, -0.1) is 0 Å². The van der Waals surface area contributed by atoms with Crippen molar-refractivity contribution in [3.8, 4) is 67.2 Å². The first-order chi connectivity index (χ1) is 30.7. The van der Waals surface area contributed by atoms with E-state index in [0.29, 0.717) is 0 Å². The normalized spacial score (nSPS) is 11.5. The second kappa shape index (κ2) is 14.7. The van der Waals surface area contributed by atoms with Crippen molar-refractivity contribution in [3.63, 3.8) is 0 Å². The predicted octanol–water partition coefficient (Wildman–Crippen LogP) is 15.0. The largest absolute Gasteiger partial charge is 0.254 e. The third-order valence-corrected chi connectivity index (χ3v) is 12.1. The third kappa shape index (κ3) is 6.34. The van der Waals surface area contributed by atoms with Crippen LogP contribution in [0.3, 0.4) is 0 Å². The fourth-order valence-corrected chi connectivity index (χ4v) is 8.89. The Balaban J connectivity index is 0.912. The van der Waals surface area contributed by atoms with Crippen LogP contribution in [0.25, 0.3) is 122 Å². The van der Waals surface area contributed by atoms with Crippen molar-refractivity contribution >= 4 is 54.4 Å². The molecule has 4 heterocycles. The van der Waals surface area contributed by atoms with E-state index in [-0.39, 0.29) is 0 Å². The number of benzene rings is 8. The van der Waals surface area contributed by atoms with Crippen molar-refractivity contribution in [2.75, 3.05) is 0 Å². The molecular formula is C58H36N4. The Hall–Kier alpha value is -8.34. The molecule has 0 fully saturated rings. The zero-order valence-corrected chi connectivity index (χ0v) is 33.6. The van der Waals surface area contributed by atoms with E-state index in [9.17, 15) is 0 Å². The van der Waals surface area contributed by atoms with Gasteiger partial charge in [0.05, 0.1) is 39.1 Å². The van der Waals surface area contributed by atoms with Crippen LogP contribution in [0.4, 0.5) is 0 Å². The Labute approximate surface area is 358 Å². The van der Waals surface area contributed by atoms with Crippen molar-refractivity contribution in [3.05, 3.63) is 219 Å². The standard InChI is InChI=1S/C58H36N4/c1-3-10-37(11-4-1)45-32-46(38-12-5-2-6-13-38)34-47(33-45)52-28-23-39-17-21-43(35-55(39)60-52)44-22-18-40-24-29-53(61-56(40)36-44)50-26-27-51(49-16-8-7-15-48(49)50)54-30-25-42-20-19-41-14-9-31-59-57(41)58(42)62-54/h1-36H. The third-order valence-electron chi connectivity index (χ3n) is 12.1. The molecule has 0 saturated carbocycles. The van der Waals surface area contributed by atoms with Crippen LogP contribution in [0.15, 0.2) is 219 Å². The van der Waals surface area contributed by atoms with E-state index in [2.05, 4.69) is 211 Å². The van der Waals surface area contributed by atoms with Gasteiger partial charge in [-0.05, 0) is 98.8 Å². The molecule has 0 bridgehead atoms. The van der Waals surface area contributed by atoms with Crippen LogP contribution in [0.1, 0.15) is 0 Å². The lowest BCUT2D eigenvalue weighted by molar-refractivity contribution is 1.37. The minimum atomic E-state index is 0.912. The molecule has 0 aliphatic rings. The predicted molar refractivity (Wildman–Crippen MR) is 258 cm³/mol. The van der Waals surface area contributed by atoms with E-state index >= 15 is 0 Å². The average molecular weight is 789 g/mol. The molecule has 0 N–H and O–H groups in total. The summed E-state index contributed by atoms with van der Waals surface area (Å²) in [7, 11) is 0. The van der Waals surface area contributed by atoms with Gasteiger partial charge in [-0.1, -0.05) is 158 Å². The fraction of sp³-hybridized carbons (Fsp3) is 0. The lowest BCUT2D eigenvalue weighted by Gasteiger charge is -2.13. The molecule has 12 aromatic rings. The first-order valence-corrected chi connectivity index (χ1v) is 20.9. The molecule has 0 atom stereocenters. The molecule has 62 heavy (non-hydrogen) atoms. The highest BCUT2D eigenvalue weighted by atomic mass is 14.8. The van der Waals surface area contributed by atoms with Gasteiger partial charge < -0.3 is 0 Å². The van der Waals surface area contributed by atoms with Crippen LogP contribution >= 0.6 is 0 Å². The number of pyridine rings is 4. The second-order valence-electron chi connectivity index (χ2n) is 15.9. The molecule has 4 aromatic heterocycles. The van der Waals surface area contributed by atoms with Crippen molar-refractivity contribution in [1.82, 2.24) is 19.9 Å². The lowest BCUT2D eigenvalue weighted by atomic mass is 9.94. The van der Waals surface area contributed by atoms with Crippen LogP contribution in [0.2, 0.25) is 0 Å². The van der Waals surface area contributed by atoms with E-state index in [1.54, 1.807) is 0 Å². The Morgan fingerprint density at radius 2 is 0.726 bits per heavy atom. The quantitative estimate of drug-likeness (QED) is 0.158. The van der Waals surface area contributed by atoms with Gasteiger partial charge in [0, 0.05) is 44.4 Å². The summed E-state index contributed by atoms with van der Waals surface area (Å²) in [6.45, 7) is 0. The summed E-state index contributed by atoms with van der Waals surface area (Å²) in [6, 6.07) is 75.1. The van der Waals surface area contributed by atoms with Crippen molar-refractivity contribution in [1.29, 1.82) is 0 Å². The van der Waals surface area contributed by atoms with E-state index < -0.39 is 0 Å². The molecule has 0 spiro atoms. The zero-order valence-electron chi connectivity index (χ0n) is 33.6. The fourth-order valence-electron chi connectivity index (χ4n) is 8.89. The highest BCUT2D eigenvalue weighted by Gasteiger charge is 2.15. The first kappa shape index (κ1) is 35.6. The second-order valence-corrected chi connectivity index (χ2v) is 15.9. The minimum absolute atomic E-state index is 0.912. The van der Waals surface area contributed by atoms with Crippen molar-refractivity contribution < 1.29 is 0 Å². The zero-order chi connectivity index (χ0) is 41.0. The van der Waals surface area contributed by atoms with Crippen LogP contribution in [0.5, 0.6) is 0 Å². The summed E-state index contributed by atoms with van der Waals surface area (Å²) in [6.07, 6.45) is 1.84. The van der Waals surface area contributed by atoms with E-state index in [0.717, 1.165) is 110 Å². The summed E-state index contributed by atoms with van der Waals surface area (Å²) in [4.78, 5) is 20.5. The molecule has 0 saturated heterocycles. The molecule has 0 radical (unpaired) electrons. The summed E-state index contributed by atoms with van der Waals surface area (Å²) in [5, 5.41) is 6.61. The molecular weight excluding hydrogens is 753 g/mol. The topological polar surface area (TPSA) is 51.6 Å². The van der Waals surface area contributed by atoms with Gasteiger partial charge in [-0.25, -0.2) is 15.0 Å². The van der Waals surface area contributed by atoms with E-state index in [1.807, 2.05) is 12.3 Å². The van der Waals surface area contributed by atoms with Crippen molar-refractivity contribution in [2.45, 2.75) is 0 Å². The molecule has 0 aliphatic carbocycles. The maximum atomic E-state index is 5.30. The molecule has 0 aliphatic heterocycles. The number of fused-ring (bicyclic) bond motifs is 6. The van der Waals surface area contributed by atoms with Gasteiger partial charge in [-0.3, -0.25) is 4.98 Å². The molecule has 8 aromatic carbocycles. The Morgan fingerprint density at radius 3 is 1.34 bits per heavy atom. The van der Waals surface area contributed by atoms with Gasteiger partial charge in [0.1, 0.15) is 0 Å². The smallest absolute Gasteiger partial charge is 0.0972 e. The molecule has 0 amide bonds. The lowest BCUT2D eigenvalue weighted by Crippen LogP contribution is -1.92. The van der Waals surface area contributed by atoms with Crippen LogP contribution in [-0.4, -0.2) is 19.9 Å². The monoisotopic (exact) mass is 788 g/mol. The summed E-state index contributed by atoms with van der Waals surface area (Å²) in [5.41, 5.74) is 16.6. The van der Waals surface area contributed by atoms with Gasteiger partial charge in [0.15, 0.2) is 0 Å². The van der Waals surface area contributed by atoms with Gasteiger partial charge in [0.25, 0.3) is 0 Å². The minimum Gasteiger partial charge on any atom is -0.254 e. The van der Waals surface area contributed by atoms with Crippen LogP contribution < -0.4 is 0 Å². The Kier molecular flexibility index (Phi) is 8.46. The number of aromatic nitrogens is 4. The maximum Gasteiger partial charge on any atom is 0.0972 e. The molecule has 4 heteroatoms. The molecule has 12 rings (SSSR count). The van der Waals surface area contributed by atoms with Crippen LogP contribution in [-0.2, 0) is 0 Å². The Morgan fingerprint density at radius 1 is 0.258 bits per heavy atom. The SMILES string of the molecule is c1ccc(-c2cc(-c3ccccc3)cc(-c3ccc4ccc(-c5ccc6ccc(-c7ccc(-c8ccc9ccc%10cccnc%10c9n8)c8ccccc78)nc6c5)cc4n3)c2)cc1. The Bertz CT molecular complexity index is 3630. The number of hydrogen-bond donors (Lipinski definition) is 0. The first-order valence-electron chi connectivity index (χ1n) is 20.9. The highest BCUT2D eigenvalue weighted by molar-refractivity contribution is 6.07. The summed E-state index contributed by atoms with van der Waals surface area (Å²) in [5.74, 6) is 0. The number of nitrogens with zero attached hydrogens (tertiary/aromatic N) is 4. The number of rotatable bonds is 6. The summed E-state index contributed by atoms with van der Waals surface area (Å²) < 4.78 is 0. The van der Waals surface area contributed by atoms with Crippen LogP contribution in [0, 0.1) is 0 Å². The van der Waals surface area contributed by atoms with Crippen molar-refractivity contribution in [2.24, 2.45) is 0 Å². The average Bonchev–Trinajstić information content (AvgIpc) is 3.35. The highest BCUT2D eigenvalue weighted by Crippen LogP contribution is 2.38. The molecule has 4 nitrogen and oxygen atoms in total. The molecule has 0 unspecified atom stereocenters. The van der Waals surface area contributed by atoms with Gasteiger partial charge in [0.2, 0.25) is 0 Å². The summed E-state index contributed by atoms with van der Waals surface area (Å²) >= 11 is 0.